The predicted molar refractivity (Wildman–Crippen MR) is 67.4 cm³/mol. The predicted octanol–water partition coefficient (Wildman–Crippen LogP) is 0.210. The Labute approximate surface area is 109 Å². The molecular weight excluding hydrogens is 248 g/mol. The monoisotopic (exact) mass is 262 g/mol. The maximum atomic E-state index is 12.0. The highest BCUT2D eigenvalue weighted by molar-refractivity contribution is 5.71. The fourth-order valence-corrected chi connectivity index (χ4v) is 2.00. The summed E-state index contributed by atoms with van der Waals surface area (Å²) in [5.74, 6) is -0.525. The van der Waals surface area contributed by atoms with Crippen molar-refractivity contribution in [1.82, 2.24) is 19.3 Å². The van der Waals surface area contributed by atoms with Crippen molar-refractivity contribution in [2.24, 2.45) is 7.05 Å². The number of aromatic nitrogens is 4. The Hall–Kier alpha value is -2.44. The lowest BCUT2D eigenvalue weighted by molar-refractivity contribution is -0.136. The molecule has 0 saturated heterocycles. The number of carboxylic acid groups (broad SMARTS) is 1. The molecule has 2 aromatic heterocycles. The summed E-state index contributed by atoms with van der Waals surface area (Å²) in [6.45, 7) is 3.33. The van der Waals surface area contributed by atoms with E-state index >= 15 is 0 Å². The van der Waals surface area contributed by atoms with Gasteiger partial charge in [-0.2, -0.15) is 10.1 Å². The van der Waals surface area contributed by atoms with Gasteiger partial charge in [0.05, 0.1) is 6.42 Å². The number of aryl methyl sites for hydroxylation is 2. The van der Waals surface area contributed by atoms with Crippen LogP contribution in [0.4, 0.5) is 0 Å². The fourth-order valence-electron chi connectivity index (χ4n) is 2.00. The molecule has 0 bridgehead atoms. The van der Waals surface area contributed by atoms with Gasteiger partial charge in [-0.3, -0.25) is 9.48 Å². The van der Waals surface area contributed by atoms with Crippen LogP contribution in [0.2, 0.25) is 0 Å². The van der Waals surface area contributed by atoms with E-state index in [1.54, 1.807) is 37.8 Å². The second-order valence-electron chi connectivity index (χ2n) is 4.30. The number of hydrogen-bond donors (Lipinski definition) is 1. The van der Waals surface area contributed by atoms with Gasteiger partial charge in [0.25, 0.3) is 0 Å². The van der Waals surface area contributed by atoms with E-state index in [0.29, 0.717) is 22.8 Å². The van der Waals surface area contributed by atoms with Crippen molar-refractivity contribution in [3.05, 3.63) is 39.7 Å². The molecule has 100 valence electrons. The first-order valence-corrected chi connectivity index (χ1v) is 5.71. The Morgan fingerprint density at radius 3 is 2.63 bits per heavy atom. The van der Waals surface area contributed by atoms with Crippen LogP contribution in [0.3, 0.4) is 0 Å². The average molecular weight is 262 g/mol. The molecular formula is C12H14N4O3. The van der Waals surface area contributed by atoms with Crippen molar-refractivity contribution >= 4 is 5.97 Å². The molecule has 2 aromatic rings. The zero-order valence-electron chi connectivity index (χ0n) is 10.9. The molecule has 0 atom stereocenters. The summed E-state index contributed by atoms with van der Waals surface area (Å²) in [5.41, 5.74) is 1.08. The minimum Gasteiger partial charge on any atom is -0.481 e. The maximum absolute atomic E-state index is 12.0. The van der Waals surface area contributed by atoms with Crippen molar-refractivity contribution < 1.29 is 9.90 Å². The number of hydrogen-bond acceptors (Lipinski definition) is 4. The Morgan fingerprint density at radius 2 is 2.11 bits per heavy atom. The third-order valence-electron chi connectivity index (χ3n) is 2.92. The summed E-state index contributed by atoms with van der Waals surface area (Å²) in [7, 11) is 1.74. The topological polar surface area (TPSA) is 90.0 Å². The van der Waals surface area contributed by atoms with Gasteiger partial charge in [-0.25, -0.2) is 9.36 Å². The summed E-state index contributed by atoms with van der Waals surface area (Å²) in [6.07, 6.45) is 1.54. The van der Waals surface area contributed by atoms with Crippen LogP contribution in [0.5, 0.6) is 0 Å². The third-order valence-corrected chi connectivity index (χ3v) is 2.92. The molecule has 0 aliphatic heterocycles. The summed E-state index contributed by atoms with van der Waals surface area (Å²) >= 11 is 0. The van der Waals surface area contributed by atoms with E-state index in [1.807, 2.05) is 0 Å². The van der Waals surface area contributed by atoms with Crippen LogP contribution in [0.25, 0.3) is 5.82 Å². The molecule has 0 spiro atoms. The fraction of sp³-hybridized carbons (Fsp3) is 0.333. The Kier molecular flexibility index (Phi) is 3.20. The number of nitrogens with zero attached hydrogens (tertiary/aromatic N) is 4. The van der Waals surface area contributed by atoms with Crippen molar-refractivity contribution in [3.63, 3.8) is 0 Å². The summed E-state index contributed by atoms with van der Waals surface area (Å²) in [6, 6.07) is 1.68. The molecule has 0 aliphatic carbocycles. The zero-order chi connectivity index (χ0) is 14.2. The van der Waals surface area contributed by atoms with E-state index in [2.05, 4.69) is 10.1 Å². The van der Waals surface area contributed by atoms with Gasteiger partial charge in [-0.1, -0.05) is 0 Å². The number of rotatable bonds is 3. The van der Waals surface area contributed by atoms with E-state index in [4.69, 9.17) is 5.11 Å². The first kappa shape index (κ1) is 13.0. The molecule has 19 heavy (non-hydrogen) atoms. The smallest absolute Gasteiger partial charge is 0.353 e. The summed E-state index contributed by atoms with van der Waals surface area (Å²) < 4.78 is 2.89. The second-order valence-corrected chi connectivity index (χ2v) is 4.30. The lowest BCUT2D eigenvalue weighted by atomic mass is 10.1. The molecule has 7 heteroatoms. The quantitative estimate of drug-likeness (QED) is 0.854. The van der Waals surface area contributed by atoms with Crippen LogP contribution >= 0.6 is 0 Å². The summed E-state index contributed by atoms with van der Waals surface area (Å²) in [5, 5.41) is 13.1. The largest absolute Gasteiger partial charge is 0.481 e. The van der Waals surface area contributed by atoms with Gasteiger partial charge in [0.15, 0.2) is 5.82 Å². The first-order chi connectivity index (χ1) is 8.90. The highest BCUT2D eigenvalue weighted by Crippen LogP contribution is 2.13. The van der Waals surface area contributed by atoms with Crippen LogP contribution in [0, 0.1) is 13.8 Å². The van der Waals surface area contributed by atoms with E-state index in [1.165, 1.54) is 4.57 Å². The third kappa shape index (κ3) is 2.40. The van der Waals surface area contributed by atoms with E-state index in [0.717, 1.165) is 0 Å². The number of carboxylic acids is 1. The second kappa shape index (κ2) is 4.68. The Bertz CT molecular complexity index is 699. The van der Waals surface area contributed by atoms with Gasteiger partial charge in [0.1, 0.15) is 0 Å². The number of carbonyl (C=O) groups is 1. The molecule has 7 nitrogen and oxygen atoms in total. The van der Waals surface area contributed by atoms with E-state index in [9.17, 15) is 9.59 Å². The number of aliphatic carboxylic acids is 1. The Morgan fingerprint density at radius 1 is 1.42 bits per heavy atom. The van der Waals surface area contributed by atoms with Gasteiger partial charge in [-0.05, 0) is 13.8 Å². The lowest BCUT2D eigenvalue weighted by Crippen LogP contribution is -2.27. The highest BCUT2D eigenvalue weighted by atomic mass is 16.4. The SMILES string of the molecule is Cc1nc(=O)n(-c2ccn(C)n2)c(C)c1CC(=O)O. The minimum absolute atomic E-state index is 0.169. The minimum atomic E-state index is -0.959. The Balaban J connectivity index is 2.68. The molecule has 0 amide bonds. The zero-order valence-corrected chi connectivity index (χ0v) is 10.9. The molecule has 2 rings (SSSR count). The van der Waals surface area contributed by atoms with Crippen molar-refractivity contribution in [3.8, 4) is 5.82 Å². The van der Waals surface area contributed by atoms with Gasteiger partial charge in [0.2, 0.25) is 0 Å². The molecule has 0 unspecified atom stereocenters. The normalized spacial score (nSPS) is 10.7. The molecule has 0 aliphatic rings. The van der Waals surface area contributed by atoms with Gasteiger partial charge >= 0.3 is 11.7 Å². The van der Waals surface area contributed by atoms with Crippen molar-refractivity contribution in [2.75, 3.05) is 0 Å². The molecule has 0 aromatic carbocycles. The van der Waals surface area contributed by atoms with Gasteiger partial charge < -0.3 is 5.11 Å². The van der Waals surface area contributed by atoms with Gasteiger partial charge in [0, 0.05) is 36.3 Å². The van der Waals surface area contributed by atoms with Crippen LogP contribution in [-0.4, -0.2) is 30.4 Å². The van der Waals surface area contributed by atoms with Crippen molar-refractivity contribution in [1.29, 1.82) is 0 Å². The molecule has 2 heterocycles. The highest BCUT2D eigenvalue weighted by Gasteiger charge is 2.16. The first-order valence-electron chi connectivity index (χ1n) is 5.71. The molecule has 0 fully saturated rings. The average Bonchev–Trinajstić information content (AvgIpc) is 2.70. The lowest BCUT2D eigenvalue weighted by Gasteiger charge is -2.12. The van der Waals surface area contributed by atoms with Crippen LogP contribution in [0.15, 0.2) is 17.1 Å². The molecule has 1 N–H and O–H groups in total. The van der Waals surface area contributed by atoms with E-state index in [-0.39, 0.29) is 6.42 Å². The molecule has 0 radical (unpaired) electrons. The maximum Gasteiger partial charge on any atom is 0.353 e. The van der Waals surface area contributed by atoms with Crippen LogP contribution < -0.4 is 5.69 Å². The van der Waals surface area contributed by atoms with Crippen molar-refractivity contribution in [2.45, 2.75) is 20.3 Å². The van der Waals surface area contributed by atoms with Gasteiger partial charge in [-0.15, -0.1) is 0 Å². The van der Waals surface area contributed by atoms with Crippen LogP contribution in [0.1, 0.15) is 17.0 Å². The van der Waals surface area contributed by atoms with E-state index < -0.39 is 11.7 Å². The summed E-state index contributed by atoms with van der Waals surface area (Å²) in [4.78, 5) is 26.7. The standard InChI is InChI=1S/C12H14N4O3/c1-7-9(6-11(17)18)8(2)16(12(19)13-7)10-4-5-15(3)14-10/h4-5H,6H2,1-3H3,(H,17,18). The van der Waals surface area contributed by atoms with Crippen LogP contribution in [-0.2, 0) is 18.3 Å². The molecule has 0 saturated carbocycles.